The largest absolute Gasteiger partial charge is 0.467 e. The standard InChI is InChI=1S/C18H24F3N3O7/c1-16(2,3)30-14(26)24(15(27)31-17(4,5)6)12-11(13(25)28-7)23-10(8-22-12)29-9-18(19,20)21/h8H,9H2,1-7H3. The molecule has 1 aromatic rings. The highest BCUT2D eigenvalue weighted by atomic mass is 19.4. The van der Waals surface area contributed by atoms with E-state index < -0.39 is 59.5 Å². The lowest BCUT2D eigenvalue weighted by Crippen LogP contribution is -2.45. The Morgan fingerprint density at radius 1 is 0.968 bits per heavy atom. The van der Waals surface area contributed by atoms with Crippen LogP contribution in [0.1, 0.15) is 52.0 Å². The second kappa shape index (κ2) is 9.35. The molecule has 0 aliphatic rings. The zero-order valence-electron chi connectivity index (χ0n) is 18.1. The summed E-state index contributed by atoms with van der Waals surface area (Å²) < 4.78 is 56.6. The molecule has 1 aromatic heterocycles. The molecule has 0 unspecified atom stereocenters. The van der Waals surface area contributed by atoms with Crippen LogP contribution in [0.2, 0.25) is 0 Å². The summed E-state index contributed by atoms with van der Waals surface area (Å²) in [7, 11) is 0.961. The highest BCUT2D eigenvalue weighted by molar-refractivity contribution is 6.12. The van der Waals surface area contributed by atoms with E-state index in [2.05, 4.69) is 19.4 Å². The number of nitrogens with zero attached hydrogens (tertiary/aromatic N) is 3. The molecule has 0 saturated heterocycles. The molecular formula is C18H24F3N3O7. The van der Waals surface area contributed by atoms with Gasteiger partial charge < -0.3 is 18.9 Å². The van der Waals surface area contributed by atoms with Crippen LogP contribution in [0.4, 0.5) is 28.6 Å². The monoisotopic (exact) mass is 451 g/mol. The minimum absolute atomic E-state index is 0.295. The van der Waals surface area contributed by atoms with E-state index in [1.807, 2.05) is 0 Å². The number of rotatable bonds is 4. The normalized spacial score (nSPS) is 12.1. The molecule has 1 heterocycles. The maximum Gasteiger partial charge on any atom is 0.425 e. The molecule has 1 rings (SSSR count). The minimum atomic E-state index is -4.68. The van der Waals surface area contributed by atoms with Crippen LogP contribution >= 0.6 is 0 Å². The Morgan fingerprint density at radius 2 is 1.45 bits per heavy atom. The molecule has 0 aromatic carbocycles. The van der Waals surface area contributed by atoms with Gasteiger partial charge in [0.1, 0.15) is 11.2 Å². The SMILES string of the molecule is COC(=O)c1nc(OCC(F)(F)F)cnc1N(C(=O)OC(C)(C)C)C(=O)OC(C)(C)C. The van der Waals surface area contributed by atoms with Crippen LogP contribution in [0, 0.1) is 0 Å². The molecule has 31 heavy (non-hydrogen) atoms. The first-order valence-electron chi connectivity index (χ1n) is 8.84. The lowest BCUT2D eigenvalue weighted by Gasteiger charge is -2.28. The van der Waals surface area contributed by atoms with Crippen molar-refractivity contribution in [3.8, 4) is 5.88 Å². The highest BCUT2D eigenvalue weighted by Crippen LogP contribution is 2.25. The summed E-state index contributed by atoms with van der Waals surface area (Å²) in [6.07, 6.45) is -6.49. The number of ether oxygens (including phenoxy) is 4. The Hall–Kier alpha value is -3.12. The van der Waals surface area contributed by atoms with Crippen molar-refractivity contribution in [3.63, 3.8) is 0 Å². The summed E-state index contributed by atoms with van der Waals surface area (Å²) in [5, 5.41) is 0. The third kappa shape index (κ3) is 8.64. The van der Waals surface area contributed by atoms with Crippen LogP contribution in [0.3, 0.4) is 0 Å². The number of imide groups is 1. The van der Waals surface area contributed by atoms with Crippen LogP contribution in [-0.2, 0) is 14.2 Å². The Balaban J connectivity index is 3.51. The molecule has 0 spiro atoms. The summed E-state index contributed by atoms with van der Waals surface area (Å²) in [6, 6.07) is 0. The van der Waals surface area contributed by atoms with Gasteiger partial charge in [-0.2, -0.15) is 18.1 Å². The van der Waals surface area contributed by atoms with Crippen molar-refractivity contribution in [1.82, 2.24) is 9.97 Å². The fraction of sp³-hybridized carbons (Fsp3) is 0.611. The van der Waals surface area contributed by atoms with Gasteiger partial charge in [-0.05, 0) is 41.5 Å². The molecule has 0 saturated carbocycles. The van der Waals surface area contributed by atoms with Crippen molar-refractivity contribution in [2.75, 3.05) is 18.6 Å². The van der Waals surface area contributed by atoms with Gasteiger partial charge in [0.05, 0.1) is 13.3 Å². The number of halogens is 3. The van der Waals surface area contributed by atoms with Gasteiger partial charge in [0.15, 0.2) is 18.1 Å². The van der Waals surface area contributed by atoms with Crippen LogP contribution in [-0.4, -0.2) is 59.2 Å². The first kappa shape index (κ1) is 25.9. The summed E-state index contributed by atoms with van der Waals surface area (Å²) in [5.41, 5.74) is -2.86. The Morgan fingerprint density at radius 3 is 1.84 bits per heavy atom. The van der Waals surface area contributed by atoms with E-state index >= 15 is 0 Å². The first-order chi connectivity index (χ1) is 13.9. The highest BCUT2D eigenvalue weighted by Gasteiger charge is 2.37. The molecule has 0 atom stereocenters. The van der Waals surface area contributed by atoms with Crippen molar-refractivity contribution < 1.29 is 46.5 Å². The molecule has 13 heteroatoms. The molecule has 0 fully saturated rings. The average Bonchev–Trinajstić information content (AvgIpc) is 2.56. The number of amides is 2. The van der Waals surface area contributed by atoms with Gasteiger partial charge in [0.2, 0.25) is 5.88 Å². The molecule has 2 amide bonds. The second-order valence-electron chi connectivity index (χ2n) is 8.07. The summed E-state index contributed by atoms with van der Waals surface area (Å²) in [5.74, 6) is -2.55. The molecule has 0 N–H and O–H groups in total. The molecule has 0 aliphatic heterocycles. The molecular weight excluding hydrogens is 427 g/mol. The maximum absolute atomic E-state index is 12.7. The minimum Gasteiger partial charge on any atom is -0.467 e. The third-order valence-electron chi connectivity index (χ3n) is 2.86. The Bertz CT molecular complexity index is 802. The number of esters is 1. The third-order valence-corrected chi connectivity index (χ3v) is 2.86. The fourth-order valence-electron chi connectivity index (χ4n) is 1.85. The molecule has 174 valence electrons. The van der Waals surface area contributed by atoms with Gasteiger partial charge in [-0.3, -0.25) is 0 Å². The van der Waals surface area contributed by atoms with E-state index in [1.54, 1.807) is 0 Å². The number of aromatic nitrogens is 2. The van der Waals surface area contributed by atoms with Gasteiger partial charge in [-0.1, -0.05) is 0 Å². The zero-order chi connectivity index (χ0) is 24.2. The lowest BCUT2D eigenvalue weighted by molar-refractivity contribution is -0.154. The van der Waals surface area contributed by atoms with E-state index in [9.17, 15) is 27.6 Å². The maximum atomic E-state index is 12.7. The number of hydrogen-bond donors (Lipinski definition) is 0. The number of alkyl halides is 3. The van der Waals surface area contributed by atoms with Crippen LogP contribution in [0.5, 0.6) is 5.88 Å². The van der Waals surface area contributed by atoms with Gasteiger partial charge >= 0.3 is 24.3 Å². The first-order valence-corrected chi connectivity index (χ1v) is 8.84. The number of carbonyl (C=O) groups excluding carboxylic acids is 3. The number of hydrogen-bond acceptors (Lipinski definition) is 9. The summed E-state index contributed by atoms with van der Waals surface area (Å²) >= 11 is 0. The predicted octanol–water partition coefficient (Wildman–Crippen LogP) is 3.88. The van der Waals surface area contributed by atoms with Crippen molar-refractivity contribution in [3.05, 3.63) is 11.9 Å². The number of anilines is 1. The van der Waals surface area contributed by atoms with E-state index in [-0.39, 0.29) is 0 Å². The van der Waals surface area contributed by atoms with E-state index in [1.165, 1.54) is 41.5 Å². The van der Waals surface area contributed by atoms with Crippen molar-refractivity contribution in [2.45, 2.75) is 58.9 Å². The van der Waals surface area contributed by atoms with E-state index in [0.29, 0.717) is 11.1 Å². The van der Waals surface area contributed by atoms with Gasteiger partial charge in [0, 0.05) is 0 Å². The average molecular weight is 451 g/mol. The van der Waals surface area contributed by atoms with Crippen molar-refractivity contribution in [1.29, 1.82) is 0 Å². The number of carbonyl (C=O) groups is 3. The molecule has 10 nitrogen and oxygen atoms in total. The fourth-order valence-corrected chi connectivity index (χ4v) is 1.85. The van der Waals surface area contributed by atoms with Crippen molar-refractivity contribution in [2.24, 2.45) is 0 Å². The Labute approximate surface area is 176 Å². The second-order valence-corrected chi connectivity index (χ2v) is 8.07. The quantitative estimate of drug-likeness (QED) is 0.496. The van der Waals surface area contributed by atoms with Crippen LogP contribution in [0.25, 0.3) is 0 Å². The summed E-state index contributed by atoms with van der Waals surface area (Å²) in [6.45, 7) is 7.46. The van der Waals surface area contributed by atoms with E-state index in [4.69, 9.17) is 9.47 Å². The molecule has 0 bridgehead atoms. The topological polar surface area (TPSA) is 117 Å². The van der Waals surface area contributed by atoms with Gasteiger partial charge in [-0.25, -0.2) is 24.4 Å². The van der Waals surface area contributed by atoms with Crippen LogP contribution in [0.15, 0.2) is 6.20 Å². The van der Waals surface area contributed by atoms with Gasteiger partial charge in [0.25, 0.3) is 0 Å². The molecule has 0 aliphatic carbocycles. The summed E-state index contributed by atoms with van der Waals surface area (Å²) in [4.78, 5) is 45.2. The zero-order valence-corrected chi connectivity index (χ0v) is 18.1. The number of methoxy groups -OCH3 is 1. The van der Waals surface area contributed by atoms with E-state index in [0.717, 1.165) is 7.11 Å². The lowest BCUT2D eigenvalue weighted by atomic mass is 10.2. The van der Waals surface area contributed by atoms with Crippen LogP contribution < -0.4 is 9.64 Å². The molecule has 0 radical (unpaired) electrons. The van der Waals surface area contributed by atoms with Gasteiger partial charge in [-0.15, -0.1) is 0 Å². The van der Waals surface area contributed by atoms with Crippen molar-refractivity contribution >= 4 is 24.0 Å². The predicted molar refractivity (Wildman–Crippen MR) is 99.9 cm³/mol. The smallest absolute Gasteiger partial charge is 0.425 e. The Kier molecular flexibility index (Phi) is 7.82.